The van der Waals surface area contributed by atoms with Gasteiger partial charge in [0.1, 0.15) is 11.6 Å². The monoisotopic (exact) mass is 294 g/mol. The number of nitrogens with zero attached hydrogens (tertiary/aromatic N) is 2. The Balaban J connectivity index is 2.21. The van der Waals surface area contributed by atoms with E-state index in [2.05, 4.69) is 20.6 Å². The van der Waals surface area contributed by atoms with E-state index in [1.165, 1.54) is 17.4 Å². The van der Waals surface area contributed by atoms with E-state index in [0.717, 1.165) is 17.5 Å². The van der Waals surface area contributed by atoms with Crippen molar-refractivity contribution in [1.82, 2.24) is 9.97 Å². The molecule has 0 atom stereocenters. The van der Waals surface area contributed by atoms with Crippen molar-refractivity contribution in [2.24, 2.45) is 0 Å². The van der Waals surface area contributed by atoms with Crippen molar-refractivity contribution in [3.63, 3.8) is 0 Å². The summed E-state index contributed by atoms with van der Waals surface area (Å²) in [6, 6.07) is 1.17. The SMILES string of the molecule is CCCNc1ncc(F)cc1C(=O)Nc1ncc(C)s1. The Morgan fingerprint density at radius 2 is 2.20 bits per heavy atom. The van der Waals surface area contributed by atoms with Crippen LogP contribution in [0.1, 0.15) is 28.6 Å². The average Bonchev–Trinajstić information content (AvgIpc) is 2.82. The lowest BCUT2D eigenvalue weighted by Gasteiger charge is -2.09. The number of hydrogen-bond donors (Lipinski definition) is 2. The number of nitrogens with one attached hydrogen (secondary N) is 2. The zero-order chi connectivity index (χ0) is 14.5. The molecule has 2 aromatic rings. The molecule has 0 spiro atoms. The Hall–Kier alpha value is -2.02. The van der Waals surface area contributed by atoms with E-state index in [1.807, 2.05) is 13.8 Å². The van der Waals surface area contributed by atoms with E-state index in [0.29, 0.717) is 17.5 Å². The van der Waals surface area contributed by atoms with Crippen molar-refractivity contribution in [2.45, 2.75) is 20.3 Å². The van der Waals surface area contributed by atoms with Gasteiger partial charge in [-0.1, -0.05) is 6.92 Å². The molecule has 0 saturated carbocycles. The van der Waals surface area contributed by atoms with E-state index in [1.54, 1.807) is 6.20 Å². The van der Waals surface area contributed by atoms with Crippen LogP contribution >= 0.6 is 11.3 Å². The van der Waals surface area contributed by atoms with Gasteiger partial charge in [0.25, 0.3) is 5.91 Å². The van der Waals surface area contributed by atoms with Gasteiger partial charge in [0.15, 0.2) is 5.13 Å². The summed E-state index contributed by atoms with van der Waals surface area (Å²) < 4.78 is 13.3. The molecule has 0 saturated heterocycles. The highest BCUT2D eigenvalue weighted by molar-refractivity contribution is 7.15. The lowest BCUT2D eigenvalue weighted by Crippen LogP contribution is -2.16. The summed E-state index contributed by atoms with van der Waals surface area (Å²) in [7, 11) is 0. The van der Waals surface area contributed by atoms with Gasteiger partial charge in [0.05, 0.1) is 11.8 Å². The minimum Gasteiger partial charge on any atom is -0.369 e. The summed E-state index contributed by atoms with van der Waals surface area (Å²) in [4.78, 5) is 21.1. The fourth-order valence-electron chi connectivity index (χ4n) is 1.57. The van der Waals surface area contributed by atoms with Crippen molar-refractivity contribution in [1.29, 1.82) is 0 Å². The number of hydrogen-bond acceptors (Lipinski definition) is 5. The number of carbonyl (C=O) groups is 1. The van der Waals surface area contributed by atoms with Crippen molar-refractivity contribution < 1.29 is 9.18 Å². The van der Waals surface area contributed by atoms with Gasteiger partial charge in [0, 0.05) is 17.6 Å². The number of aryl methyl sites for hydroxylation is 1. The van der Waals surface area contributed by atoms with Gasteiger partial charge < -0.3 is 5.32 Å². The molecular weight excluding hydrogens is 279 g/mol. The van der Waals surface area contributed by atoms with Crippen LogP contribution in [-0.4, -0.2) is 22.4 Å². The van der Waals surface area contributed by atoms with Crippen LogP contribution in [0, 0.1) is 12.7 Å². The van der Waals surface area contributed by atoms with Crippen molar-refractivity contribution >= 4 is 28.2 Å². The molecule has 5 nitrogen and oxygen atoms in total. The normalized spacial score (nSPS) is 10.3. The second-order valence-corrected chi connectivity index (χ2v) is 5.44. The molecule has 0 aromatic carbocycles. The van der Waals surface area contributed by atoms with Crippen LogP contribution in [0.4, 0.5) is 15.3 Å². The van der Waals surface area contributed by atoms with Crippen molar-refractivity contribution in [3.8, 4) is 0 Å². The second kappa shape index (κ2) is 6.42. The van der Waals surface area contributed by atoms with Crippen LogP contribution in [0.15, 0.2) is 18.5 Å². The summed E-state index contributed by atoms with van der Waals surface area (Å²) >= 11 is 1.36. The van der Waals surface area contributed by atoms with E-state index in [4.69, 9.17) is 0 Å². The molecular formula is C13H15FN4OS. The molecule has 2 N–H and O–H groups in total. The lowest BCUT2D eigenvalue weighted by molar-refractivity contribution is 0.102. The smallest absolute Gasteiger partial charge is 0.261 e. The van der Waals surface area contributed by atoms with E-state index >= 15 is 0 Å². The number of halogens is 1. The topological polar surface area (TPSA) is 66.9 Å². The highest BCUT2D eigenvalue weighted by atomic mass is 32.1. The molecule has 1 amide bonds. The first-order chi connectivity index (χ1) is 9.60. The molecule has 0 aliphatic carbocycles. The van der Waals surface area contributed by atoms with Gasteiger partial charge in [-0.3, -0.25) is 10.1 Å². The zero-order valence-electron chi connectivity index (χ0n) is 11.2. The van der Waals surface area contributed by atoms with Gasteiger partial charge in [0.2, 0.25) is 0 Å². The fourth-order valence-corrected chi connectivity index (χ4v) is 2.23. The maximum absolute atomic E-state index is 13.3. The molecule has 2 heterocycles. The summed E-state index contributed by atoms with van der Waals surface area (Å²) in [5, 5.41) is 6.14. The highest BCUT2D eigenvalue weighted by Crippen LogP contribution is 2.20. The molecule has 2 aromatic heterocycles. The minimum absolute atomic E-state index is 0.173. The standard InChI is InChI=1S/C13H15FN4OS/c1-3-4-15-11-10(5-9(14)7-16-11)12(19)18-13-17-6-8(2)20-13/h5-7H,3-4H2,1-2H3,(H,15,16)(H,17,18,19). The third-order valence-corrected chi connectivity index (χ3v) is 3.31. The summed E-state index contributed by atoms with van der Waals surface area (Å²) in [6.45, 7) is 4.55. The Bertz CT molecular complexity index is 614. The van der Waals surface area contributed by atoms with Crippen LogP contribution in [-0.2, 0) is 0 Å². The van der Waals surface area contributed by atoms with E-state index in [-0.39, 0.29) is 5.56 Å². The van der Waals surface area contributed by atoms with E-state index < -0.39 is 11.7 Å². The number of aromatic nitrogens is 2. The Kier molecular flexibility index (Phi) is 4.62. The predicted octanol–water partition coefficient (Wildman–Crippen LogP) is 3.06. The molecule has 0 unspecified atom stereocenters. The molecule has 2 rings (SSSR count). The van der Waals surface area contributed by atoms with Gasteiger partial charge in [-0.2, -0.15) is 0 Å². The summed E-state index contributed by atoms with van der Waals surface area (Å²) in [5.41, 5.74) is 0.173. The first-order valence-corrected chi connectivity index (χ1v) is 7.05. The lowest BCUT2D eigenvalue weighted by atomic mass is 10.2. The molecule has 0 aliphatic heterocycles. The summed E-state index contributed by atoms with van der Waals surface area (Å²) in [5.74, 6) is -0.600. The molecule has 0 fully saturated rings. The molecule has 0 bridgehead atoms. The average molecular weight is 294 g/mol. The molecule has 106 valence electrons. The quantitative estimate of drug-likeness (QED) is 0.889. The number of anilines is 2. The fraction of sp³-hybridized carbons (Fsp3) is 0.308. The van der Waals surface area contributed by atoms with Crippen LogP contribution in [0.5, 0.6) is 0 Å². The van der Waals surface area contributed by atoms with E-state index in [9.17, 15) is 9.18 Å². The second-order valence-electron chi connectivity index (χ2n) is 4.21. The zero-order valence-corrected chi connectivity index (χ0v) is 12.1. The minimum atomic E-state index is -0.549. The van der Waals surface area contributed by atoms with Gasteiger partial charge >= 0.3 is 0 Å². The van der Waals surface area contributed by atoms with Gasteiger partial charge in [-0.05, 0) is 19.4 Å². The van der Waals surface area contributed by atoms with Gasteiger partial charge in [-0.15, -0.1) is 11.3 Å². The van der Waals surface area contributed by atoms with Crippen LogP contribution in [0.2, 0.25) is 0 Å². The predicted molar refractivity (Wildman–Crippen MR) is 77.8 cm³/mol. The number of pyridine rings is 1. The number of rotatable bonds is 5. The number of thiazole rings is 1. The maximum atomic E-state index is 13.3. The van der Waals surface area contributed by atoms with Crippen molar-refractivity contribution in [3.05, 3.63) is 34.7 Å². The molecule has 20 heavy (non-hydrogen) atoms. The van der Waals surface area contributed by atoms with Crippen LogP contribution in [0.25, 0.3) is 0 Å². The number of carbonyl (C=O) groups excluding carboxylic acids is 1. The highest BCUT2D eigenvalue weighted by Gasteiger charge is 2.15. The van der Waals surface area contributed by atoms with Crippen LogP contribution < -0.4 is 10.6 Å². The largest absolute Gasteiger partial charge is 0.369 e. The Labute approximate surface area is 120 Å². The maximum Gasteiger partial charge on any atom is 0.261 e. The van der Waals surface area contributed by atoms with Crippen molar-refractivity contribution in [2.75, 3.05) is 17.2 Å². The summed E-state index contributed by atoms with van der Waals surface area (Å²) in [6.07, 6.45) is 3.63. The first-order valence-electron chi connectivity index (χ1n) is 6.23. The number of amides is 1. The van der Waals surface area contributed by atoms with Gasteiger partial charge in [-0.25, -0.2) is 14.4 Å². The van der Waals surface area contributed by atoms with Crippen LogP contribution in [0.3, 0.4) is 0 Å². The molecule has 7 heteroatoms. The Morgan fingerprint density at radius 3 is 2.85 bits per heavy atom. The molecule has 0 aliphatic rings. The third-order valence-electron chi connectivity index (χ3n) is 2.48. The molecule has 0 radical (unpaired) electrons. The Morgan fingerprint density at radius 1 is 1.40 bits per heavy atom. The first kappa shape index (κ1) is 14.4. The third kappa shape index (κ3) is 3.51.